The van der Waals surface area contributed by atoms with Gasteiger partial charge in [-0.05, 0) is 17.5 Å². The molecule has 0 saturated carbocycles. The van der Waals surface area contributed by atoms with Crippen molar-refractivity contribution in [1.29, 1.82) is 0 Å². The molecule has 0 heterocycles. The number of hydrogen-bond donors (Lipinski definition) is 1. The minimum absolute atomic E-state index is 0.297. The van der Waals surface area contributed by atoms with Crippen molar-refractivity contribution < 1.29 is 4.39 Å². The number of benzene rings is 1. The number of nitrogens with two attached hydrogens (primary N) is 1. The van der Waals surface area contributed by atoms with E-state index in [0.717, 1.165) is 0 Å². The molecule has 0 fully saturated rings. The Balaban J connectivity index is 3.43. The second kappa shape index (κ2) is 3.18. The van der Waals surface area contributed by atoms with Crippen LogP contribution in [0.1, 0.15) is 26.3 Å². The van der Waals surface area contributed by atoms with Crippen molar-refractivity contribution in [3.8, 4) is 0 Å². The number of nitrogen functional groups attached to an aromatic ring is 1. The molecular formula is C10H13ClFN. The van der Waals surface area contributed by atoms with Crippen LogP contribution in [-0.2, 0) is 5.41 Å². The monoisotopic (exact) mass is 201 g/mol. The molecule has 1 aromatic carbocycles. The third-order valence-electron chi connectivity index (χ3n) is 1.89. The molecule has 2 N–H and O–H groups in total. The fourth-order valence-corrected chi connectivity index (χ4v) is 1.49. The normalized spacial score (nSPS) is 11.8. The lowest BCUT2D eigenvalue weighted by Gasteiger charge is -2.22. The number of anilines is 1. The molecule has 1 rings (SSSR count). The quantitative estimate of drug-likeness (QED) is 0.640. The fourth-order valence-electron chi connectivity index (χ4n) is 1.33. The van der Waals surface area contributed by atoms with Gasteiger partial charge in [0.15, 0.2) is 0 Å². The van der Waals surface area contributed by atoms with Crippen LogP contribution in [0.15, 0.2) is 12.1 Å². The first-order chi connectivity index (χ1) is 5.84. The van der Waals surface area contributed by atoms with Crippen LogP contribution < -0.4 is 5.73 Å². The molecule has 0 radical (unpaired) electrons. The van der Waals surface area contributed by atoms with Crippen LogP contribution in [0.4, 0.5) is 10.1 Å². The van der Waals surface area contributed by atoms with Crippen molar-refractivity contribution in [1.82, 2.24) is 0 Å². The summed E-state index contributed by atoms with van der Waals surface area (Å²) >= 11 is 5.80. The van der Waals surface area contributed by atoms with E-state index in [9.17, 15) is 4.39 Å². The molecule has 0 saturated heterocycles. The number of hydrogen-bond acceptors (Lipinski definition) is 1. The van der Waals surface area contributed by atoms with Gasteiger partial charge in [0.1, 0.15) is 5.82 Å². The fraction of sp³-hybridized carbons (Fsp3) is 0.400. The largest absolute Gasteiger partial charge is 0.397 e. The summed E-state index contributed by atoms with van der Waals surface area (Å²) in [5, 5.41) is 0.409. The van der Waals surface area contributed by atoms with Gasteiger partial charge in [0.05, 0.1) is 10.7 Å². The van der Waals surface area contributed by atoms with Crippen molar-refractivity contribution in [3.63, 3.8) is 0 Å². The van der Waals surface area contributed by atoms with E-state index in [-0.39, 0.29) is 11.2 Å². The molecule has 0 amide bonds. The lowest BCUT2D eigenvalue weighted by Crippen LogP contribution is -2.16. The van der Waals surface area contributed by atoms with E-state index in [4.69, 9.17) is 17.3 Å². The van der Waals surface area contributed by atoms with Crippen molar-refractivity contribution in [2.24, 2.45) is 0 Å². The van der Waals surface area contributed by atoms with Gasteiger partial charge < -0.3 is 5.73 Å². The SMILES string of the molecule is CC(C)(C)c1c(F)ccc(Cl)c1N. The molecule has 0 atom stereocenters. The maximum Gasteiger partial charge on any atom is 0.129 e. The van der Waals surface area contributed by atoms with Crippen LogP contribution in [0.3, 0.4) is 0 Å². The zero-order valence-electron chi connectivity index (χ0n) is 7.99. The van der Waals surface area contributed by atoms with Crippen molar-refractivity contribution >= 4 is 17.3 Å². The van der Waals surface area contributed by atoms with Crippen LogP contribution in [-0.4, -0.2) is 0 Å². The maximum atomic E-state index is 13.4. The highest BCUT2D eigenvalue weighted by atomic mass is 35.5. The summed E-state index contributed by atoms with van der Waals surface area (Å²) in [5.74, 6) is -0.297. The minimum atomic E-state index is -0.320. The molecule has 0 unspecified atom stereocenters. The highest BCUT2D eigenvalue weighted by molar-refractivity contribution is 6.33. The summed E-state index contributed by atoms with van der Waals surface area (Å²) in [4.78, 5) is 0. The summed E-state index contributed by atoms with van der Waals surface area (Å²) in [6, 6.07) is 2.82. The lowest BCUT2D eigenvalue weighted by atomic mass is 9.85. The number of halogens is 2. The van der Waals surface area contributed by atoms with Crippen LogP contribution in [0, 0.1) is 5.82 Å². The van der Waals surface area contributed by atoms with Crippen LogP contribution in [0.25, 0.3) is 0 Å². The van der Waals surface area contributed by atoms with Gasteiger partial charge in [-0.1, -0.05) is 32.4 Å². The second-order valence-electron chi connectivity index (χ2n) is 4.07. The third-order valence-corrected chi connectivity index (χ3v) is 2.22. The summed E-state index contributed by atoms with van der Waals surface area (Å²) in [7, 11) is 0. The molecule has 0 spiro atoms. The molecular weight excluding hydrogens is 189 g/mol. The zero-order valence-corrected chi connectivity index (χ0v) is 8.74. The van der Waals surface area contributed by atoms with Crippen molar-refractivity contribution in [2.75, 3.05) is 5.73 Å². The first-order valence-electron chi connectivity index (χ1n) is 4.08. The summed E-state index contributed by atoms with van der Waals surface area (Å²) < 4.78 is 13.4. The van der Waals surface area contributed by atoms with Gasteiger partial charge in [-0.3, -0.25) is 0 Å². The highest BCUT2D eigenvalue weighted by Crippen LogP contribution is 2.34. The van der Waals surface area contributed by atoms with Gasteiger partial charge in [0.2, 0.25) is 0 Å². The van der Waals surface area contributed by atoms with E-state index in [0.29, 0.717) is 16.3 Å². The van der Waals surface area contributed by atoms with Crippen molar-refractivity contribution in [2.45, 2.75) is 26.2 Å². The Hall–Kier alpha value is -0.760. The second-order valence-corrected chi connectivity index (χ2v) is 4.48. The van der Waals surface area contributed by atoms with Gasteiger partial charge >= 0.3 is 0 Å². The Bertz CT molecular complexity index is 328. The van der Waals surface area contributed by atoms with Crippen LogP contribution in [0.5, 0.6) is 0 Å². The predicted molar refractivity (Wildman–Crippen MR) is 54.5 cm³/mol. The average molecular weight is 202 g/mol. The molecule has 72 valence electrons. The predicted octanol–water partition coefficient (Wildman–Crippen LogP) is 3.36. The first-order valence-corrected chi connectivity index (χ1v) is 4.46. The number of rotatable bonds is 0. The lowest BCUT2D eigenvalue weighted by molar-refractivity contribution is 0.525. The molecule has 0 aliphatic carbocycles. The molecule has 0 aromatic heterocycles. The van der Waals surface area contributed by atoms with E-state index in [1.165, 1.54) is 12.1 Å². The highest BCUT2D eigenvalue weighted by Gasteiger charge is 2.22. The molecule has 1 aromatic rings. The van der Waals surface area contributed by atoms with E-state index in [1.807, 2.05) is 20.8 Å². The van der Waals surface area contributed by atoms with Gasteiger partial charge in [0.25, 0.3) is 0 Å². The van der Waals surface area contributed by atoms with E-state index in [1.54, 1.807) is 0 Å². The first kappa shape index (κ1) is 10.3. The van der Waals surface area contributed by atoms with Gasteiger partial charge in [0, 0.05) is 5.56 Å². The van der Waals surface area contributed by atoms with Gasteiger partial charge in [-0.15, -0.1) is 0 Å². The third kappa shape index (κ3) is 1.94. The molecule has 0 bridgehead atoms. The maximum absolute atomic E-state index is 13.4. The molecule has 3 heteroatoms. The average Bonchev–Trinajstić information content (AvgIpc) is 1.95. The molecule has 13 heavy (non-hydrogen) atoms. The van der Waals surface area contributed by atoms with Gasteiger partial charge in [-0.25, -0.2) is 4.39 Å². The van der Waals surface area contributed by atoms with Gasteiger partial charge in [-0.2, -0.15) is 0 Å². The topological polar surface area (TPSA) is 26.0 Å². The zero-order chi connectivity index (χ0) is 10.2. The summed E-state index contributed by atoms with van der Waals surface area (Å²) in [6.45, 7) is 5.70. The Morgan fingerprint density at radius 3 is 2.23 bits per heavy atom. The Morgan fingerprint density at radius 1 is 1.31 bits per heavy atom. The summed E-state index contributed by atoms with van der Waals surface area (Å²) in [5.41, 5.74) is 6.21. The Kier molecular flexibility index (Phi) is 2.53. The van der Waals surface area contributed by atoms with Crippen LogP contribution in [0.2, 0.25) is 5.02 Å². The smallest absolute Gasteiger partial charge is 0.129 e. The minimum Gasteiger partial charge on any atom is -0.397 e. The molecule has 0 aliphatic heterocycles. The Morgan fingerprint density at radius 2 is 1.85 bits per heavy atom. The molecule has 1 nitrogen and oxygen atoms in total. The standard InChI is InChI=1S/C10H13ClFN/c1-10(2,3)8-7(12)5-4-6(11)9(8)13/h4-5H,13H2,1-3H3. The van der Waals surface area contributed by atoms with Crippen LogP contribution >= 0.6 is 11.6 Å². The van der Waals surface area contributed by atoms with Crippen molar-refractivity contribution in [3.05, 3.63) is 28.5 Å². The van der Waals surface area contributed by atoms with E-state index < -0.39 is 0 Å². The molecule has 0 aliphatic rings. The van der Waals surface area contributed by atoms with E-state index in [2.05, 4.69) is 0 Å². The Labute approximate surface area is 82.7 Å². The summed E-state index contributed by atoms with van der Waals surface area (Å²) in [6.07, 6.45) is 0. The van der Waals surface area contributed by atoms with E-state index >= 15 is 0 Å².